The highest BCUT2D eigenvalue weighted by molar-refractivity contribution is 6.82. The van der Waals surface area contributed by atoms with Crippen LogP contribution in [0, 0.1) is 0 Å². The summed E-state index contributed by atoms with van der Waals surface area (Å²) in [4.78, 5) is 2.32. The first-order valence-electron chi connectivity index (χ1n) is 25.8. The molecule has 0 saturated heterocycles. The van der Waals surface area contributed by atoms with E-state index in [1.54, 1.807) is 313 Å². The molecule has 0 radical (unpaired) electrons. The number of rotatable bonds is 2. The lowest BCUT2D eigenvalue weighted by molar-refractivity contribution is 0.579. The Labute approximate surface area is 377 Å². The Morgan fingerprint density at radius 2 is 0.420 bits per heavy atom. The molecule has 288 valence electrons. The van der Waals surface area contributed by atoms with Crippen LogP contribution >= 0.6 is 0 Å². The zero-order valence-corrected chi connectivity index (χ0v) is 35.8. The van der Waals surface area contributed by atoms with E-state index in [9.17, 15) is 0 Å². The molecular formula is C68H11N. The summed E-state index contributed by atoms with van der Waals surface area (Å²) >= 11 is 0. The second kappa shape index (κ2) is 5.79. The molecule has 29 aromatic rings. The van der Waals surface area contributed by atoms with E-state index < -0.39 is 0 Å². The van der Waals surface area contributed by atoms with E-state index in [1.165, 1.54) is 11.3 Å². The summed E-state index contributed by atoms with van der Waals surface area (Å²) < 4.78 is 0. The maximum Gasteiger partial charge on any atom is 0.0586 e. The number of hydrogen-bond acceptors (Lipinski definition) is 1. The van der Waals surface area contributed by atoms with Gasteiger partial charge in [-0.15, -0.1) is 0 Å². The van der Waals surface area contributed by atoms with Crippen LogP contribution in [0.15, 0.2) is 24.3 Å². The van der Waals surface area contributed by atoms with Crippen molar-refractivity contribution >= 4 is 297 Å². The van der Waals surface area contributed by atoms with Gasteiger partial charge in [-0.05, 0) is 331 Å². The minimum Gasteiger partial charge on any atom is -0.378 e. The first-order chi connectivity index (χ1) is 34.3. The van der Waals surface area contributed by atoms with Crippen LogP contribution in [0.25, 0.3) is 291 Å². The van der Waals surface area contributed by atoms with Crippen LogP contribution in [-0.2, 0) is 5.41 Å². The molecule has 33 rings (SSSR count). The summed E-state index contributed by atoms with van der Waals surface area (Å²) in [6.07, 6.45) is 0. The van der Waals surface area contributed by atoms with Gasteiger partial charge in [-0.1, -0.05) is 12.1 Å². The fourth-order valence-corrected chi connectivity index (χ4v) is 24.7. The Balaban J connectivity index is 1.19. The maximum atomic E-state index is 2.64. The van der Waals surface area contributed by atoms with Crippen molar-refractivity contribution < 1.29 is 0 Å². The van der Waals surface area contributed by atoms with Gasteiger partial charge in [0.05, 0.1) is 5.41 Å². The molecule has 2 atom stereocenters. The maximum absolute atomic E-state index is 2.64. The molecule has 0 bridgehead atoms. The Hall–Kier alpha value is -8.52. The van der Waals surface area contributed by atoms with E-state index in [2.05, 4.69) is 43.3 Å². The third-order valence-corrected chi connectivity index (χ3v) is 25.0. The van der Waals surface area contributed by atoms with Gasteiger partial charge in [-0.3, -0.25) is 0 Å². The van der Waals surface area contributed by atoms with Crippen molar-refractivity contribution in [1.82, 2.24) is 0 Å². The summed E-state index contributed by atoms with van der Waals surface area (Å²) in [6, 6.07) is 10.3. The van der Waals surface area contributed by atoms with Crippen LogP contribution in [0.3, 0.4) is 0 Å². The van der Waals surface area contributed by atoms with E-state index >= 15 is 0 Å². The largest absolute Gasteiger partial charge is 0.378 e. The molecule has 1 heteroatoms. The zero-order valence-electron chi connectivity index (χ0n) is 35.8. The first-order valence-corrected chi connectivity index (χ1v) is 25.8. The van der Waals surface area contributed by atoms with Crippen LogP contribution in [-0.4, -0.2) is 14.1 Å². The normalized spacial score (nSPS) is 20.8. The third-order valence-electron chi connectivity index (χ3n) is 25.0. The van der Waals surface area contributed by atoms with Gasteiger partial charge in [0, 0.05) is 25.7 Å². The number of nitrogens with zero attached hydrogens (tertiary/aromatic N) is 1. The molecule has 0 saturated carbocycles. The van der Waals surface area contributed by atoms with E-state index in [0.29, 0.717) is 0 Å². The van der Waals surface area contributed by atoms with E-state index in [0.717, 1.165) is 0 Å². The van der Waals surface area contributed by atoms with Crippen LogP contribution in [0.2, 0.25) is 0 Å². The van der Waals surface area contributed by atoms with E-state index in [4.69, 9.17) is 0 Å². The molecule has 1 nitrogen and oxygen atoms in total. The summed E-state index contributed by atoms with van der Waals surface area (Å²) in [6.45, 7) is 0. The van der Waals surface area contributed by atoms with Gasteiger partial charge in [-0.2, -0.15) is 0 Å². The molecule has 0 spiro atoms. The van der Waals surface area contributed by atoms with Crippen molar-refractivity contribution in [2.75, 3.05) is 19.0 Å². The molecule has 0 fully saturated rings. The van der Waals surface area contributed by atoms with E-state index in [-0.39, 0.29) is 11.3 Å². The Morgan fingerprint density at radius 3 is 0.725 bits per heavy atom. The van der Waals surface area contributed by atoms with Crippen LogP contribution in [0.4, 0.5) is 5.69 Å². The van der Waals surface area contributed by atoms with Crippen molar-refractivity contribution in [2.45, 2.75) is 11.3 Å². The van der Waals surface area contributed by atoms with Gasteiger partial charge in [0.25, 0.3) is 0 Å². The highest BCUT2D eigenvalue weighted by Gasteiger charge is 2.63. The molecule has 0 N–H and O–H groups in total. The van der Waals surface area contributed by atoms with Gasteiger partial charge in [0.1, 0.15) is 0 Å². The van der Waals surface area contributed by atoms with Gasteiger partial charge < -0.3 is 4.90 Å². The van der Waals surface area contributed by atoms with Crippen molar-refractivity contribution in [1.29, 1.82) is 0 Å². The standard InChI is InChI=1S/C68H11N/c1-69(2)8-5-3-7(4-6-8)68-65-61-55-41-33-25-13-10-9-11-14(13)26-28-24-18(11)20-16-12(9)15-19-17(10)23-27(25)39(41)47-45-31(23)29(19)37-35-21(15)22(16)36-38-30(20)32(24)46-48-40(28)42(34(26)33)56(55)62(65)58(48)60-52(46)50(38)54-44(36)43(35)53-49(37)51(45)59(57(47)61)66(68)63(53)64(54)67(60)68/h3-6,66H,1-2H3. The Bertz CT molecular complexity index is 7400. The van der Waals surface area contributed by atoms with Crippen molar-refractivity contribution in [2.24, 2.45) is 0 Å². The van der Waals surface area contributed by atoms with Gasteiger partial charge in [-0.25, -0.2) is 0 Å². The predicted octanol–water partition coefficient (Wildman–Crippen LogP) is 18.3. The number of anilines is 1. The molecule has 4 aliphatic rings. The molecule has 0 aromatic heterocycles. The molecule has 0 heterocycles. The summed E-state index contributed by atoms with van der Waals surface area (Å²) in [5.74, 6) is 0.230. The highest BCUT2D eigenvalue weighted by atomic mass is 15.1. The number of benzene rings is 18. The quantitative estimate of drug-likeness (QED) is 0.157. The lowest BCUT2D eigenvalue weighted by Gasteiger charge is -2.44. The number of hydrogen-bond donors (Lipinski definition) is 0. The molecular weight excluding hydrogens is 831 g/mol. The Kier molecular flexibility index (Phi) is 2.14. The second-order valence-electron chi connectivity index (χ2n) is 25.5. The third kappa shape index (κ3) is 1.38. The van der Waals surface area contributed by atoms with E-state index in [1.807, 2.05) is 0 Å². The summed E-state index contributed by atoms with van der Waals surface area (Å²) in [5.41, 5.74) is 9.41. The summed E-state index contributed by atoms with van der Waals surface area (Å²) in [7, 11) is 4.45. The van der Waals surface area contributed by atoms with Crippen molar-refractivity contribution in [3.63, 3.8) is 0 Å². The molecule has 29 aromatic carbocycles. The second-order valence-corrected chi connectivity index (χ2v) is 25.5. The van der Waals surface area contributed by atoms with Gasteiger partial charge in [0.15, 0.2) is 0 Å². The van der Waals surface area contributed by atoms with Crippen LogP contribution < -0.4 is 4.90 Å². The minimum atomic E-state index is -0.337. The van der Waals surface area contributed by atoms with Crippen molar-refractivity contribution in [3.8, 4) is 0 Å². The smallest absolute Gasteiger partial charge is 0.0586 e. The zero-order chi connectivity index (χ0) is 41.1. The Morgan fingerprint density at radius 1 is 0.232 bits per heavy atom. The molecule has 0 aliphatic heterocycles. The highest BCUT2D eigenvalue weighted by Crippen LogP contribution is 2.84. The predicted molar refractivity (Wildman–Crippen MR) is 295 cm³/mol. The van der Waals surface area contributed by atoms with Crippen LogP contribution in [0.1, 0.15) is 33.7 Å². The molecule has 0 amide bonds. The van der Waals surface area contributed by atoms with Gasteiger partial charge in [0.2, 0.25) is 0 Å². The van der Waals surface area contributed by atoms with Gasteiger partial charge >= 0.3 is 0 Å². The van der Waals surface area contributed by atoms with Crippen molar-refractivity contribution in [3.05, 3.63) is 52.1 Å². The average molecular weight is 842 g/mol. The van der Waals surface area contributed by atoms with Crippen LogP contribution in [0.5, 0.6) is 0 Å². The monoisotopic (exact) mass is 841 g/mol. The topological polar surface area (TPSA) is 3.24 Å². The molecule has 69 heavy (non-hydrogen) atoms. The fraction of sp³-hybridized carbons (Fsp3) is 0.0588. The average Bonchev–Trinajstić information content (AvgIpc) is 4.26. The lowest BCUT2D eigenvalue weighted by Crippen LogP contribution is -2.37. The SMILES string of the molecule is CN(C)c1ccc(C23c4c5c6c7c8c9c(c%10c%11c2c2c%12c4c4c%13c5c5c7c7c8c8c%14c9c%10c9c%10c%11c2c2c%11c%12c4c4c%12c%13c5c5c7c7c8c8c%14c9c9c%10c2c2c%11c4c4c%12c5c7c5c8c9c2c45)C63)cc1. The summed E-state index contributed by atoms with van der Waals surface area (Å²) in [5, 5.41) is 89.9. The fourth-order valence-electron chi connectivity index (χ4n) is 24.7. The molecule has 4 aliphatic carbocycles. The lowest BCUT2D eigenvalue weighted by atomic mass is 9.56. The first kappa shape index (κ1) is 25.6. The minimum absolute atomic E-state index is 0.230. The molecule has 2 unspecified atom stereocenters.